The van der Waals surface area contributed by atoms with Crippen LogP contribution in [0.25, 0.3) is 10.6 Å². The van der Waals surface area contributed by atoms with E-state index in [0.717, 1.165) is 17.4 Å². The average molecular weight is 388 g/mol. The smallest absolute Gasteiger partial charge is 0.257 e. The Morgan fingerprint density at radius 3 is 2.27 bits per heavy atom. The van der Waals surface area contributed by atoms with Crippen molar-refractivity contribution in [2.75, 3.05) is 16.3 Å². The van der Waals surface area contributed by atoms with E-state index in [0.29, 0.717) is 21.4 Å². The van der Waals surface area contributed by atoms with Crippen molar-refractivity contribution in [1.82, 2.24) is 10.2 Å². The minimum Gasteiger partial charge on any atom is -0.296 e. The number of hydrogen-bond donors (Lipinski definition) is 2. The molecule has 2 aromatic carbocycles. The van der Waals surface area contributed by atoms with Crippen molar-refractivity contribution < 1.29 is 13.2 Å². The van der Waals surface area contributed by atoms with Crippen molar-refractivity contribution in [2.45, 2.75) is 6.92 Å². The molecule has 3 aromatic rings. The summed E-state index contributed by atoms with van der Waals surface area (Å²) in [7, 11) is -3.35. The molecule has 0 spiro atoms. The number of nitrogens with zero attached hydrogens (tertiary/aromatic N) is 2. The predicted molar refractivity (Wildman–Crippen MR) is 103 cm³/mol. The Morgan fingerprint density at radius 1 is 1.00 bits per heavy atom. The summed E-state index contributed by atoms with van der Waals surface area (Å²) in [4.78, 5) is 12.3. The summed E-state index contributed by atoms with van der Waals surface area (Å²) in [6.45, 7) is 2.01. The zero-order chi connectivity index (χ0) is 18.7. The van der Waals surface area contributed by atoms with Crippen LogP contribution < -0.4 is 10.0 Å². The van der Waals surface area contributed by atoms with Gasteiger partial charge < -0.3 is 0 Å². The highest BCUT2D eigenvalue weighted by molar-refractivity contribution is 7.92. The van der Waals surface area contributed by atoms with E-state index >= 15 is 0 Å². The molecule has 3 rings (SSSR count). The average Bonchev–Trinajstić information content (AvgIpc) is 3.03. The van der Waals surface area contributed by atoms with Crippen LogP contribution in [-0.4, -0.2) is 30.8 Å². The molecule has 26 heavy (non-hydrogen) atoms. The van der Waals surface area contributed by atoms with E-state index in [1.165, 1.54) is 35.6 Å². The van der Waals surface area contributed by atoms with Gasteiger partial charge >= 0.3 is 0 Å². The second-order valence-corrected chi connectivity index (χ2v) is 8.41. The lowest BCUT2D eigenvalue weighted by atomic mass is 10.2. The van der Waals surface area contributed by atoms with Crippen molar-refractivity contribution in [3.63, 3.8) is 0 Å². The van der Waals surface area contributed by atoms with Crippen LogP contribution >= 0.6 is 11.3 Å². The molecule has 0 saturated heterocycles. The van der Waals surface area contributed by atoms with Gasteiger partial charge in [-0.25, -0.2) is 8.42 Å². The number of sulfonamides is 1. The molecule has 0 unspecified atom stereocenters. The largest absolute Gasteiger partial charge is 0.296 e. The first kappa shape index (κ1) is 18.0. The molecule has 0 saturated carbocycles. The molecule has 0 atom stereocenters. The van der Waals surface area contributed by atoms with Gasteiger partial charge in [0, 0.05) is 16.8 Å². The second kappa shape index (κ2) is 7.22. The molecule has 0 aliphatic rings. The van der Waals surface area contributed by atoms with Gasteiger partial charge in [-0.15, -0.1) is 10.2 Å². The highest BCUT2D eigenvalue weighted by Crippen LogP contribution is 2.26. The quantitative estimate of drug-likeness (QED) is 0.699. The molecule has 2 N–H and O–H groups in total. The van der Waals surface area contributed by atoms with E-state index in [2.05, 4.69) is 20.2 Å². The lowest BCUT2D eigenvalue weighted by Gasteiger charge is -2.05. The Hall–Kier alpha value is -2.78. The van der Waals surface area contributed by atoms with Gasteiger partial charge in [-0.3, -0.25) is 14.8 Å². The predicted octanol–water partition coefficient (Wildman–Crippen LogP) is 3.14. The molecule has 0 aliphatic heterocycles. The number of rotatable bonds is 5. The fraction of sp³-hybridized carbons (Fsp3) is 0.118. The number of carbonyl (C=O) groups is 1. The van der Waals surface area contributed by atoms with E-state index in [-0.39, 0.29) is 5.91 Å². The van der Waals surface area contributed by atoms with Crippen LogP contribution in [0.5, 0.6) is 0 Å². The van der Waals surface area contributed by atoms with Crippen molar-refractivity contribution in [3.8, 4) is 10.6 Å². The molecule has 7 nitrogen and oxygen atoms in total. The van der Waals surface area contributed by atoms with Gasteiger partial charge in [0.05, 0.1) is 6.26 Å². The van der Waals surface area contributed by atoms with Crippen molar-refractivity contribution in [1.29, 1.82) is 0 Å². The van der Waals surface area contributed by atoms with Crippen LogP contribution in [-0.2, 0) is 10.0 Å². The Morgan fingerprint density at radius 2 is 1.65 bits per heavy atom. The Balaban J connectivity index is 1.69. The molecule has 0 radical (unpaired) electrons. The van der Waals surface area contributed by atoms with Gasteiger partial charge in [-0.05, 0) is 31.2 Å². The molecule has 1 aromatic heterocycles. The summed E-state index contributed by atoms with van der Waals surface area (Å²) < 4.78 is 24.7. The maximum Gasteiger partial charge on any atom is 0.257 e. The molecular weight excluding hydrogens is 372 g/mol. The molecule has 1 amide bonds. The van der Waals surface area contributed by atoms with E-state index in [1.807, 2.05) is 31.2 Å². The molecule has 0 bridgehead atoms. The number of carbonyl (C=O) groups excluding carboxylic acids is 1. The maximum absolute atomic E-state index is 12.3. The molecular formula is C17H16N4O3S2. The minimum atomic E-state index is -3.35. The third-order valence-corrected chi connectivity index (χ3v) is 4.89. The van der Waals surface area contributed by atoms with E-state index < -0.39 is 10.0 Å². The summed E-state index contributed by atoms with van der Waals surface area (Å²) in [5, 5.41) is 11.9. The summed E-state index contributed by atoms with van der Waals surface area (Å²) in [6.07, 6.45) is 1.06. The topological polar surface area (TPSA) is 101 Å². The Kier molecular flexibility index (Phi) is 5.01. The number of amides is 1. The lowest BCUT2D eigenvalue weighted by Crippen LogP contribution is -2.12. The van der Waals surface area contributed by atoms with Gasteiger partial charge in [0.15, 0.2) is 0 Å². The van der Waals surface area contributed by atoms with Crippen LogP contribution in [0.3, 0.4) is 0 Å². The van der Waals surface area contributed by atoms with Crippen molar-refractivity contribution in [3.05, 3.63) is 59.7 Å². The standard InChI is InChI=1S/C17H16N4O3S2/c1-11-3-5-13(6-4-11)16-19-20-17(25-16)18-15(22)12-7-9-14(10-8-12)21-26(2,23)24/h3-10,21H,1-2H3,(H,18,20,22). The summed E-state index contributed by atoms with van der Waals surface area (Å²) in [6, 6.07) is 14.0. The highest BCUT2D eigenvalue weighted by Gasteiger charge is 2.12. The molecule has 1 heterocycles. The van der Waals surface area contributed by atoms with E-state index in [1.54, 1.807) is 0 Å². The van der Waals surface area contributed by atoms with Crippen molar-refractivity contribution >= 4 is 38.1 Å². The van der Waals surface area contributed by atoms with Gasteiger partial charge in [-0.1, -0.05) is 41.2 Å². The highest BCUT2D eigenvalue weighted by atomic mass is 32.2. The zero-order valence-corrected chi connectivity index (χ0v) is 15.7. The SMILES string of the molecule is Cc1ccc(-c2nnc(NC(=O)c3ccc(NS(C)(=O)=O)cc3)s2)cc1. The second-order valence-electron chi connectivity index (χ2n) is 5.68. The van der Waals surface area contributed by atoms with Gasteiger partial charge in [0.2, 0.25) is 15.2 Å². The summed E-state index contributed by atoms with van der Waals surface area (Å²) >= 11 is 1.28. The van der Waals surface area contributed by atoms with Crippen molar-refractivity contribution in [2.24, 2.45) is 0 Å². The number of anilines is 2. The monoisotopic (exact) mass is 388 g/mol. The number of benzene rings is 2. The van der Waals surface area contributed by atoms with Crippen LogP contribution in [0.4, 0.5) is 10.8 Å². The Labute approximate surface area is 155 Å². The molecule has 0 fully saturated rings. The number of aromatic nitrogens is 2. The minimum absolute atomic E-state index is 0.345. The molecule has 0 aliphatic carbocycles. The number of hydrogen-bond acceptors (Lipinski definition) is 6. The van der Waals surface area contributed by atoms with E-state index in [9.17, 15) is 13.2 Å². The third kappa shape index (κ3) is 4.64. The zero-order valence-electron chi connectivity index (χ0n) is 14.1. The lowest BCUT2D eigenvalue weighted by molar-refractivity contribution is 0.102. The van der Waals surface area contributed by atoms with Crippen LogP contribution in [0.15, 0.2) is 48.5 Å². The van der Waals surface area contributed by atoms with E-state index in [4.69, 9.17) is 0 Å². The third-order valence-electron chi connectivity index (χ3n) is 3.39. The maximum atomic E-state index is 12.3. The molecule has 134 valence electrons. The van der Waals surface area contributed by atoms with Crippen LogP contribution in [0, 0.1) is 6.92 Å². The fourth-order valence-corrected chi connectivity index (χ4v) is 3.47. The fourth-order valence-electron chi connectivity index (χ4n) is 2.16. The number of aryl methyl sites for hydroxylation is 1. The first-order chi connectivity index (χ1) is 12.3. The van der Waals surface area contributed by atoms with Crippen LogP contribution in [0.2, 0.25) is 0 Å². The van der Waals surface area contributed by atoms with Gasteiger partial charge in [0.1, 0.15) is 5.01 Å². The first-order valence-electron chi connectivity index (χ1n) is 7.60. The molecule has 9 heteroatoms. The van der Waals surface area contributed by atoms with Gasteiger partial charge in [0.25, 0.3) is 5.91 Å². The number of nitrogens with one attached hydrogen (secondary N) is 2. The van der Waals surface area contributed by atoms with Gasteiger partial charge in [-0.2, -0.15) is 0 Å². The summed E-state index contributed by atoms with van der Waals surface area (Å²) in [5.41, 5.74) is 2.86. The summed E-state index contributed by atoms with van der Waals surface area (Å²) in [5.74, 6) is -0.345. The van der Waals surface area contributed by atoms with Crippen LogP contribution in [0.1, 0.15) is 15.9 Å². The first-order valence-corrected chi connectivity index (χ1v) is 10.3. The Bertz CT molecular complexity index is 1030. The normalized spacial score (nSPS) is 11.2.